The lowest BCUT2D eigenvalue weighted by Crippen LogP contribution is -2.25. The zero-order valence-corrected chi connectivity index (χ0v) is 7.30. The minimum atomic E-state index is -2.36. The van der Waals surface area contributed by atoms with E-state index in [2.05, 4.69) is 15.3 Å². The number of aliphatic imine (C=N–C) groups is 1. The monoisotopic (exact) mass is 183 g/mol. The number of hydrogen-bond acceptors (Lipinski definition) is 3. The molecule has 1 unspecified atom stereocenters. The summed E-state index contributed by atoms with van der Waals surface area (Å²) in [6.07, 6.45) is 1.68. The van der Waals surface area contributed by atoms with Gasteiger partial charge in [0.05, 0.1) is 22.0 Å². The Morgan fingerprint density at radius 2 is 2.42 bits per heavy atom. The average molecular weight is 183 g/mol. The minimum absolute atomic E-state index is 0.317. The van der Waals surface area contributed by atoms with Crippen LogP contribution in [0.15, 0.2) is 20.5 Å². The van der Waals surface area contributed by atoms with Gasteiger partial charge in [-0.05, 0) is 11.4 Å². The molecule has 1 atom stereocenters. The van der Waals surface area contributed by atoms with Gasteiger partial charge in [0.25, 0.3) is 0 Å². The third kappa shape index (κ3) is 1.06. The van der Waals surface area contributed by atoms with Gasteiger partial charge < -0.3 is 5.73 Å². The Bertz CT molecular complexity index is 411. The van der Waals surface area contributed by atoms with Crippen LogP contribution in [0.4, 0.5) is 0 Å². The van der Waals surface area contributed by atoms with Crippen LogP contribution < -0.4 is 5.73 Å². The number of rotatable bonds is 0. The van der Waals surface area contributed by atoms with Crippen LogP contribution in [0.3, 0.4) is 0 Å². The van der Waals surface area contributed by atoms with Crippen molar-refractivity contribution in [2.24, 2.45) is 15.1 Å². The molecular formula is C7H9N3OS. The van der Waals surface area contributed by atoms with Crippen LogP contribution in [0.2, 0.25) is 0 Å². The number of amidine groups is 1. The van der Waals surface area contributed by atoms with Crippen molar-refractivity contribution in [2.45, 2.75) is 0 Å². The van der Waals surface area contributed by atoms with Crippen molar-refractivity contribution in [1.29, 1.82) is 0 Å². The van der Waals surface area contributed by atoms with Crippen molar-refractivity contribution in [3.05, 3.63) is 11.1 Å². The first kappa shape index (κ1) is 7.54. The Labute approximate surface area is 71.0 Å². The molecule has 0 radical (unpaired) electrons. The Balaban J connectivity index is 2.53. The second-order valence-corrected chi connectivity index (χ2v) is 4.90. The first-order chi connectivity index (χ1) is 5.58. The molecule has 0 aliphatic carbocycles. The van der Waals surface area contributed by atoms with Crippen LogP contribution in [0.25, 0.3) is 0 Å². The SMILES string of the molecule is C=S1(=O)CC2=C(C=NC2)C(N)=N1. The van der Waals surface area contributed by atoms with E-state index < -0.39 is 9.71 Å². The quantitative estimate of drug-likeness (QED) is 0.508. The number of nitrogens with two attached hydrogens (primary N) is 1. The van der Waals surface area contributed by atoms with Crippen LogP contribution >= 0.6 is 0 Å². The van der Waals surface area contributed by atoms with Crippen molar-refractivity contribution in [2.75, 3.05) is 12.3 Å². The highest BCUT2D eigenvalue weighted by Gasteiger charge is 2.22. The molecule has 2 heterocycles. The smallest absolute Gasteiger partial charge is 0.142 e. The van der Waals surface area contributed by atoms with Crippen LogP contribution in [0.5, 0.6) is 0 Å². The Morgan fingerprint density at radius 3 is 3.17 bits per heavy atom. The molecule has 0 fully saturated rings. The van der Waals surface area contributed by atoms with Crippen molar-refractivity contribution in [1.82, 2.24) is 0 Å². The third-order valence-corrected chi connectivity index (χ3v) is 3.15. The van der Waals surface area contributed by atoms with Gasteiger partial charge in [-0.1, -0.05) is 0 Å². The first-order valence-electron chi connectivity index (χ1n) is 3.51. The van der Waals surface area contributed by atoms with Crippen LogP contribution in [0, 0.1) is 0 Å². The maximum absolute atomic E-state index is 11.5. The second-order valence-electron chi connectivity index (χ2n) is 2.88. The van der Waals surface area contributed by atoms with Gasteiger partial charge in [0.2, 0.25) is 0 Å². The van der Waals surface area contributed by atoms with E-state index in [9.17, 15) is 4.21 Å². The largest absolute Gasteiger partial charge is 0.383 e. The summed E-state index contributed by atoms with van der Waals surface area (Å²) in [7, 11) is -2.36. The fourth-order valence-electron chi connectivity index (χ4n) is 1.33. The third-order valence-electron chi connectivity index (χ3n) is 1.82. The van der Waals surface area contributed by atoms with E-state index in [-0.39, 0.29) is 0 Å². The molecule has 2 N–H and O–H groups in total. The molecule has 0 aromatic carbocycles. The van der Waals surface area contributed by atoms with E-state index in [0.717, 1.165) is 11.1 Å². The highest BCUT2D eigenvalue weighted by Crippen LogP contribution is 2.18. The molecule has 4 nitrogen and oxygen atoms in total. The van der Waals surface area contributed by atoms with Crippen molar-refractivity contribution in [3.63, 3.8) is 0 Å². The molecule has 0 bridgehead atoms. The van der Waals surface area contributed by atoms with Crippen LogP contribution in [0.1, 0.15) is 0 Å². The van der Waals surface area contributed by atoms with E-state index in [4.69, 9.17) is 5.73 Å². The molecule has 0 saturated heterocycles. The molecule has 0 spiro atoms. The van der Waals surface area contributed by atoms with Gasteiger partial charge in [-0.2, -0.15) is 4.40 Å². The van der Waals surface area contributed by atoms with Crippen molar-refractivity contribution < 1.29 is 4.21 Å². The second kappa shape index (κ2) is 2.20. The molecule has 12 heavy (non-hydrogen) atoms. The number of hydrogen-bond donors (Lipinski definition) is 1. The van der Waals surface area contributed by atoms with E-state index >= 15 is 0 Å². The Hall–Kier alpha value is -1.10. The fourth-order valence-corrected chi connectivity index (χ4v) is 2.64. The van der Waals surface area contributed by atoms with Gasteiger partial charge in [-0.15, -0.1) is 0 Å². The zero-order valence-electron chi connectivity index (χ0n) is 6.49. The standard InChI is InChI=1S/C7H9N3OS/c1-12(11)4-5-2-9-3-6(5)7(8)10-12/h3H,1-2,4H2,(H2,8,10,11). The summed E-state index contributed by atoms with van der Waals surface area (Å²) >= 11 is 0. The molecule has 0 amide bonds. The first-order valence-corrected chi connectivity index (χ1v) is 5.36. The van der Waals surface area contributed by atoms with Gasteiger partial charge in [-0.25, -0.2) is 4.21 Å². The van der Waals surface area contributed by atoms with E-state index in [1.54, 1.807) is 6.21 Å². The maximum atomic E-state index is 11.5. The normalized spacial score (nSPS) is 33.5. The molecule has 64 valence electrons. The van der Waals surface area contributed by atoms with E-state index in [1.807, 2.05) is 0 Å². The molecule has 0 saturated carbocycles. The summed E-state index contributed by atoms with van der Waals surface area (Å²) in [5.74, 6) is 4.23. The molecule has 2 aliphatic heterocycles. The van der Waals surface area contributed by atoms with Crippen LogP contribution in [-0.2, 0) is 9.71 Å². The van der Waals surface area contributed by atoms with Gasteiger partial charge >= 0.3 is 0 Å². The van der Waals surface area contributed by atoms with Crippen molar-refractivity contribution in [3.8, 4) is 0 Å². The predicted octanol–water partition coefficient (Wildman–Crippen LogP) is -0.630. The minimum Gasteiger partial charge on any atom is -0.383 e. The van der Waals surface area contributed by atoms with Crippen LogP contribution in [-0.4, -0.2) is 34.4 Å². The van der Waals surface area contributed by atoms with Gasteiger partial charge in [-0.3, -0.25) is 4.99 Å². The molecule has 5 heteroatoms. The van der Waals surface area contributed by atoms with Gasteiger partial charge in [0.1, 0.15) is 5.84 Å². The van der Waals surface area contributed by atoms with E-state index in [0.29, 0.717) is 18.1 Å². The Morgan fingerprint density at radius 1 is 1.67 bits per heavy atom. The average Bonchev–Trinajstić information content (AvgIpc) is 2.31. The highest BCUT2D eigenvalue weighted by molar-refractivity contribution is 7.99. The molecule has 0 aromatic rings. The topological polar surface area (TPSA) is 67.8 Å². The number of nitrogens with zero attached hydrogens (tertiary/aromatic N) is 2. The maximum Gasteiger partial charge on any atom is 0.142 e. The lowest BCUT2D eigenvalue weighted by molar-refractivity contribution is 0.683. The summed E-state index contributed by atoms with van der Waals surface area (Å²) in [6.45, 7) is 0.595. The van der Waals surface area contributed by atoms with E-state index in [1.165, 1.54) is 0 Å². The summed E-state index contributed by atoms with van der Waals surface area (Å²) in [4.78, 5) is 4.03. The lowest BCUT2D eigenvalue weighted by atomic mass is 10.1. The molecule has 2 rings (SSSR count). The van der Waals surface area contributed by atoms with Crippen molar-refractivity contribution >= 4 is 27.6 Å². The van der Waals surface area contributed by atoms with Gasteiger partial charge in [0, 0.05) is 11.8 Å². The molecule has 0 aromatic heterocycles. The lowest BCUT2D eigenvalue weighted by Gasteiger charge is -2.13. The zero-order chi connectivity index (χ0) is 8.77. The fraction of sp³-hybridized carbons (Fsp3) is 0.286. The summed E-state index contributed by atoms with van der Waals surface area (Å²) in [6, 6.07) is 0. The predicted molar refractivity (Wildman–Crippen MR) is 52.1 cm³/mol. The molecular weight excluding hydrogens is 174 g/mol. The Kier molecular flexibility index (Phi) is 1.38. The summed E-state index contributed by atoms with van der Waals surface area (Å²) < 4.78 is 15.3. The molecule has 2 aliphatic rings. The summed E-state index contributed by atoms with van der Waals surface area (Å²) in [5, 5.41) is 0. The highest BCUT2D eigenvalue weighted by atomic mass is 32.2. The summed E-state index contributed by atoms with van der Waals surface area (Å²) in [5.41, 5.74) is 7.42. The van der Waals surface area contributed by atoms with Gasteiger partial charge in [0.15, 0.2) is 0 Å².